The molecule has 6 aromatic carbocycles. The highest BCUT2D eigenvalue weighted by atomic mass is 16.5. The van der Waals surface area contributed by atoms with Crippen LogP contribution < -0.4 is 18.9 Å². The lowest BCUT2D eigenvalue weighted by atomic mass is 9.91. The average molecular weight is 771 g/mol. The lowest BCUT2D eigenvalue weighted by Gasteiger charge is -2.20. The van der Waals surface area contributed by atoms with Gasteiger partial charge in [0.25, 0.3) is 0 Å². The number of hydrogen-bond acceptors (Lipinski definition) is 12. The summed E-state index contributed by atoms with van der Waals surface area (Å²) in [4.78, 5) is 0. The van der Waals surface area contributed by atoms with E-state index in [1.54, 1.807) is 87.0 Å². The number of aromatic hydroxyl groups is 2. The van der Waals surface area contributed by atoms with Crippen LogP contribution in [0.3, 0.4) is 0 Å². The van der Waals surface area contributed by atoms with E-state index in [0.29, 0.717) is 90.3 Å². The predicted octanol–water partition coefficient (Wildman–Crippen LogP) is 10.4. The smallest absolute Gasteiger partial charge is 0.174 e. The summed E-state index contributed by atoms with van der Waals surface area (Å²) in [5.74, 6) is 2.42. The fourth-order valence-electron chi connectivity index (χ4n) is 6.90. The molecule has 288 valence electrons. The molecule has 0 fully saturated rings. The molecule has 0 spiro atoms. The number of methoxy groups -OCH3 is 2. The third-order valence-electron chi connectivity index (χ3n) is 9.65. The van der Waals surface area contributed by atoms with Crippen molar-refractivity contribution in [1.29, 1.82) is 10.5 Å². The quantitative estimate of drug-likeness (QED) is 0.129. The SMILES string of the molecule is COc1ccc(N=Nc2cc3c(O)c(c2)Cc2cccc(c2OCC#N)Cc2cc(N=Nc4ccc(OC)cc4)cc(c2O)Cc2cccc(c2OCC#N)C3)cc1. The summed E-state index contributed by atoms with van der Waals surface area (Å²) < 4.78 is 22.8. The van der Waals surface area contributed by atoms with Crippen LogP contribution in [0.15, 0.2) is 130 Å². The summed E-state index contributed by atoms with van der Waals surface area (Å²) in [5, 5.41) is 61.0. The molecule has 0 aliphatic heterocycles. The molecule has 0 atom stereocenters. The number of nitriles is 2. The van der Waals surface area contributed by atoms with Crippen LogP contribution in [0.4, 0.5) is 22.7 Å². The number of ether oxygens (including phenoxy) is 4. The fraction of sp³-hybridized carbons (Fsp3) is 0.174. The number of azo groups is 2. The minimum absolute atomic E-state index is 0.0542. The van der Waals surface area contributed by atoms with Crippen molar-refractivity contribution in [3.8, 4) is 46.6 Å². The van der Waals surface area contributed by atoms with Crippen molar-refractivity contribution in [3.05, 3.63) is 154 Å². The van der Waals surface area contributed by atoms with Crippen LogP contribution in [0.25, 0.3) is 0 Å². The van der Waals surface area contributed by atoms with Gasteiger partial charge < -0.3 is 29.2 Å². The van der Waals surface area contributed by atoms with Crippen LogP contribution in [0.1, 0.15) is 44.5 Å². The standard InChI is InChI=1S/C46H38N6O6/c1-55-41-13-9-37(10-14-41)49-51-39-25-33-21-29-5-3-7-31(45(29)57-19-17-47)23-35-27-40(52-50-38-11-15-42(56-2)16-12-38)28-36(44(35)54)24-32-8-4-6-30(46(32)58-20-18-48)22-34(26-39)43(33)53/h3-16,25-28,53-54H,19-24H2,1-2H3. The molecular weight excluding hydrogens is 733 g/mol. The summed E-state index contributed by atoms with van der Waals surface area (Å²) in [7, 11) is 3.19. The monoisotopic (exact) mass is 770 g/mol. The second kappa shape index (κ2) is 17.8. The van der Waals surface area contributed by atoms with Gasteiger partial charge in [-0.1, -0.05) is 36.4 Å². The molecular formula is C46H38N6O6. The molecule has 12 heteroatoms. The molecule has 1 aliphatic rings. The van der Waals surface area contributed by atoms with Gasteiger partial charge in [-0.2, -0.15) is 31.0 Å². The number of phenolic OH excluding ortho intramolecular Hbond substituents is 2. The van der Waals surface area contributed by atoms with Gasteiger partial charge in [-0.3, -0.25) is 0 Å². The van der Waals surface area contributed by atoms with Gasteiger partial charge in [0.05, 0.1) is 37.0 Å². The molecule has 0 saturated heterocycles. The van der Waals surface area contributed by atoms with Gasteiger partial charge in [-0.25, -0.2) is 0 Å². The number of phenols is 2. The zero-order valence-corrected chi connectivity index (χ0v) is 31.8. The highest BCUT2D eigenvalue weighted by molar-refractivity contribution is 5.61. The Labute approximate surface area is 335 Å². The van der Waals surface area contributed by atoms with Crippen molar-refractivity contribution in [1.82, 2.24) is 0 Å². The van der Waals surface area contributed by atoms with E-state index < -0.39 is 0 Å². The van der Waals surface area contributed by atoms with Crippen LogP contribution >= 0.6 is 0 Å². The van der Waals surface area contributed by atoms with E-state index in [4.69, 9.17) is 18.9 Å². The van der Waals surface area contributed by atoms with E-state index in [1.165, 1.54) is 0 Å². The highest BCUT2D eigenvalue weighted by Gasteiger charge is 2.22. The molecule has 8 bridgehead atoms. The normalized spacial score (nSPS) is 12.1. The molecule has 2 N–H and O–H groups in total. The Balaban J connectivity index is 1.40. The van der Waals surface area contributed by atoms with Gasteiger partial charge in [-0.15, -0.1) is 0 Å². The molecule has 6 aromatic rings. The zero-order valence-electron chi connectivity index (χ0n) is 31.8. The predicted molar refractivity (Wildman–Crippen MR) is 217 cm³/mol. The average Bonchev–Trinajstić information content (AvgIpc) is 3.24. The molecule has 0 amide bonds. The Kier molecular flexibility index (Phi) is 11.9. The number of hydrogen-bond donors (Lipinski definition) is 2. The van der Waals surface area contributed by atoms with Crippen molar-refractivity contribution in [2.24, 2.45) is 20.5 Å². The Bertz CT molecular complexity index is 2320. The second-order valence-corrected chi connectivity index (χ2v) is 13.4. The number of para-hydroxylation sites is 2. The number of benzene rings is 6. The minimum atomic E-state index is -0.217. The van der Waals surface area contributed by atoms with Gasteiger partial charge in [0, 0.05) is 47.9 Å². The Hall–Kier alpha value is -7.70. The van der Waals surface area contributed by atoms with E-state index in [-0.39, 0.29) is 50.4 Å². The zero-order chi connectivity index (χ0) is 40.4. The number of nitrogens with zero attached hydrogens (tertiary/aromatic N) is 6. The molecule has 1 aliphatic carbocycles. The number of fused-ring (bicyclic) bond motifs is 8. The van der Waals surface area contributed by atoms with Crippen molar-refractivity contribution in [2.75, 3.05) is 27.4 Å². The van der Waals surface area contributed by atoms with Crippen LogP contribution in [0.5, 0.6) is 34.5 Å². The molecule has 7 rings (SSSR count). The van der Waals surface area contributed by atoms with Crippen LogP contribution in [0, 0.1) is 22.7 Å². The van der Waals surface area contributed by atoms with E-state index in [9.17, 15) is 20.7 Å². The molecule has 0 radical (unpaired) electrons. The van der Waals surface area contributed by atoms with E-state index in [2.05, 4.69) is 32.6 Å². The first-order valence-corrected chi connectivity index (χ1v) is 18.4. The van der Waals surface area contributed by atoms with E-state index in [1.807, 2.05) is 36.4 Å². The lowest BCUT2D eigenvalue weighted by molar-refractivity contribution is 0.360. The lowest BCUT2D eigenvalue weighted by Crippen LogP contribution is -2.06. The third-order valence-corrected chi connectivity index (χ3v) is 9.65. The molecule has 0 saturated carbocycles. The molecule has 0 aromatic heterocycles. The Morgan fingerprint density at radius 1 is 0.466 bits per heavy atom. The van der Waals surface area contributed by atoms with E-state index >= 15 is 0 Å². The van der Waals surface area contributed by atoms with Crippen LogP contribution in [-0.4, -0.2) is 37.6 Å². The largest absolute Gasteiger partial charge is 0.507 e. The minimum Gasteiger partial charge on any atom is -0.507 e. The summed E-state index contributed by atoms with van der Waals surface area (Å²) in [6, 6.07) is 36.9. The first-order valence-electron chi connectivity index (χ1n) is 18.4. The fourth-order valence-corrected chi connectivity index (χ4v) is 6.90. The maximum absolute atomic E-state index is 11.9. The topological polar surface area (TPSA) is 174 Å². The maximum Gasteiger partial charge on any atom is 0.174 e. The van der Waals surface area contributed by atoms with Crippen molar-refractivity contribution >= 4 is 22.7 Å². The summed E-state index contributed by atoms with van der Waals surface area (Å²) in [5.41, 5.74) is 7.27. The Morgan fingerprint density at radius 2 is 0.776 bits per heavy atom. The van der Waals surface area contributed by atoms with Crippen molar-refractivity contribution in [2.45, 2.75) is 25.7 Å². The summed E-state index contributed by atoms with van der Waals surface area (Å²) >= 11 is 0. The summed E-state index contributed by atoms with van der Waals surface area (Å²) in [6.45, 7) is -0.435. The molecule has 12 nitrogen and oxygen atoms in total. The van der Waals surface area contributed by atoms with Gasteiger partial charge in [0.2, 0.25) is 0 Å². The first kappa shape index (κ1) is 38.6. The van der Waals surface area contributed by atoms with Gasteiger partial charge >= 0.3 is 0 Å². The highest BCUT2D eigenvalue weighted by Crippen LogP contribution is 2.41. The number of rotatable bonds is 10. The van der Waals surface area contributed by atoms with Gasteiger partial charge in [0.15, 0.2) is 13.2 Å². The van der Waals surface area contributed by atoms with Crippen LogP contribution in [0.2, 0.25) is 0 Å². The van der Waals surface area contributed by atoms with Crippen molar-refractivity contribution in [3.63, 3.8) is 0 Å². The maximum atomic E-state index is 11.9. The van der Waals surface area contributed by atoms with Gasteiger partial charge in [-0.05, 0) is 95.1 Å². The Morgan fingerprint density at radius 3 is 1.07 bits per heavy atom. The second-order valence-electron chi connectivity index (χ2n) is 13.4. The van der Waals surface area contributed by atoms with E-state index in [0.717, 1.165) is 0 Å². The first-order chi connectivity index (χ1) is 28.3. The third kappa shape index (κ3) is 8.88. The molecule has 0 heterocycles. The molecule has 0 unspecified atom stereocenters. The summed E-state index contributed by atoms with van der Waals surface area (Å²) in [6.07, 6.45) is 0.851. The van der Waals surface area contributed by atoms with Crippen LogP contribution in [-0.2, 0) is 25.7 Å². The molecule has 58 heavy (non-hydrogen) atoms. The van der Waals surface area contributed by atoms with Gasteiger partial charge in [0.1, 0.15) is 46.6 Å². The van der Waals surface area contributed by atoms with Crippen molar-refractivity contribution < 1.29 is 29.2 Å².